The van der Waals surface area contributed by atoms with Crippen LogP contribution in [0.4, 0.5) is 0 Å². The lowest BCUT2D eigenvalue weighted by molar-refractivity contribution is 0.0198. The van der Waals surface area contributed by atoms with Gasteiger partial charge in [0.05, 0.1) is 12.2 Å². The van der Waals surface area contributed by atoms with Gasteiger partial charge in [-0.25, -0.2) is 0 Å². The molecule has 0 aromatic rings. The molecule has 1 saturated heterocycles. The summed E-state index contributed by atoms with van der Waals surface area (Å²) in [5.41, 5.74) is 0.497. The van der Waals surface area contributed by atoms with Crippen LogP contribution in [0.5, 0.6) is 0 Å². The first-order valence-electron chi connectivity index (χ1n) is 7.54. The summed E-state index contributed by atoms with van der Waals surface area (Å²) in [6.45, 7) is 5.93. The van der Waals surface area contributed by atoms with Crippen molar-refractivity contribution in [3.63, 3.8) is 0 Å². The van der Waals surface area contributed by atoms with E-state index in [-0.39, 0.29) is 0 Å². The minimum atomic E-state index is 0.497. The molecule has 1 heterocycles. The van der Waals surface area contributed by atoms with Crippen molar-refractivity contribution >= 4 is 0 Å². The number of hydrogen-bond donors (Lipinski definition) is 1. The molecule has 3 atom stereocenters. The standard InChI is InChI=1S/C15H27NO/c1-11-3-8-14(17-11)9-15(2,12-4-5-12)10-16-13-6-7-13/h11-14,16H,3-10H2,1-2H3. The summed E-state index contributed by atoms with van der Waals surface area (Å²) in [5.74, 6) is 0.966. The van der Waals surface area contributed by atoms with Crippen LogP contribution >= 0.6 is 0 Å². The Morgan fingerprint density at radius 3 is 2.41 bits per heavy atom. The molecule has 2 heteroatoms. The van der Waals surface area contributed by atoms with Crippen molar-refractivity contribution < 1.29 is 4.74 Å². The molecule has 3 aliphatic rings. The van der Waals surface area contributed by atoms with Crippen LogP contribution in [0.3, 0.4) is 0 Å². The molecule has 0 spiro atoms. The fourth-order valence-corrected chi connectivity index (χ4v) is 3.38. The van der Waals surface area contributed by atoms with Gasteiger partial charge in [-0.3, -0.25) is 0 Å². The summed E-state index contributed by atoms with van der Waals surface area (Å²) in [4.78, 5) is 0. The van der Waals surface area contributed by atoms with E-state index in [4.69, 9.17) is 4.74 Å². The van der Waals surface area contributed by atoms with Crippen molar-refractivity contribution in [1.82, 2.24) is 5.32 Å². The highest BCUT2D eigenvalue weighted by atomic mass is 16.5. The topological polar surface area (TPSA) is 21.3 Å². The van der Waals surface area contributed by atoms with Gasteiger partial charge in [-0.2, -0.15) is 0 Å². The van der Waals surface area contributed by atoms with Gasteiger partial charge < -0.3 is 10.1 Å². The SMILES string of the molecule is CC1CCC(CC(C)(CNC2CC2)C2CC2)O1. The molecule has 17 heavy (non-hydrogen) atoms. The van der Waals surface area contributed by atoms with Crippen LogP contribution in [0.15, 0.2) is 0 Å². The van der Waals surface area contributed by atoms with Gasteiger partial charge in [0.25, 0.3) is 0 Å². The second-order valence-corrected chi connectivity index (χ2v) is 6.93. The summed E-state index contributed by atoms with van der Waals surface area (Å²) in [7, 11) is 0. The zero-order chi connectivity index (χ0) is 11.9. The molecule has 3 unspecified atom stereocenters. The second-order valence-electron chi connectivity index (χ2n) is 6.93. The van der Waals surface area contributed by atoms with Crippen molar-refractivity contribution in [1.29, 1.82) is 0 Å². The van der Waals surface area contributed by atoms with Crippen LogP contribution in [-0.4, -0.2) is 24.8 Å². The zero-order valence-electron chi connectivity index (χ0n) is 11.4. The Bertz CT molecular complexity index is 272. The highest BCUT2D eigenvalue weighted by Gasteiger charge is 2.44. The Balaban J connectivity index is 1.54. The van der Waals surface area contributed by atoms with E-state index in [1.165, 1.54) is 51.5 Å². The van der Waals surface area contributed by atoms with E-state index in [1.54, 1.807) is 0 Å². The van der Waals surface area contributed by atoms with Crippen LogP contribution in [0, 0.1) is 11.3 Å². The fourth-order valence-electron chi connectivity index (χ4n) is 3.38. The summed E-state index contributed by atoms with van der Waals surface area (Å²) in [6, 6.07) is 0.844. The molecule has 0 aromatic heterocycles. The van der Waals surface area contributed by atoms with Crippen LogP contribution in [0.1, 0.15) is 58.8 Å². The van der Waals surface area contributed by atoms with E-state index >= 15 is 0 Å². The third kappa shape index (κ3) is 3.03. The predicted octanol–water partition coefficient (Wildman–Crippen LogP) is 3.11. The third-order valence-corrected chi connectivity index (χ3v) is 4.95. The van der Waals surface area contributed by atoms with Gasteiger partial charge in [0, 0.05) is 12.6 Å². The molecule has 98 valence electrons. The summed E-state index contributed by atoms with van der Waals surface area (Å²) in [6.07, 6.45) is 10.6. The first kappa shape index (κ1) is 12.0. The average molecular weight is 237 g/mol. The lowest BCUT2D eigenvalue weighted by Crippen LogP contribution is -2.37. The molecule has 0 aromatic carbocycles. The minimum absolute atomic E-state index is 0.497. The lowest BCUT2D eigenvalue weighted by atomic mass is 9.79. The van der Waals surface area contributed by atoms with E-state index in [1.807, 2.05) is 0 Å². The fraction of sp³-hybridized carbons (Fsp3) is 1.00. The number of hydrogen-bond acceptors (Lipinski definition) is 2. The summed E-state index contributed by atoms with van der Waals surface area (Å²) < 4.78 is 6.03. The Labute approximate surface area is 105 Å². The molecule has 1 N–H and O–H groups in total. The van der Waals surface area contributed by atoms with Crippen molar-refractivity contribution in [2.45, 2.75) is 77.0 Å². The Morgan fingerprint density at radius 1 is 1.12 bits per heavy atom. The van der Waals surface area contributed by atoms with E-state index in [0.29, 0.717) is 17.6 Å². The molecule has 0 amide bonds. The summed E-state index contributed by atoms with van der Waals surface area (Å²) in [5, 5.41) is 3.75. The molecule has 2 nitrogen and oxygen atoms in total. The maximum Gasteiger partial charge on any atom is 0.0585 e. The highest BCUT2D eigenvalue weighted by molar-refractivity contribution is 4.96. The molecule has 1 aliphatic heterocycles. The molecule has 3 fully saturated rings. The molecule has 0 bridgehead atoms. The van der Waals surface area contributed by atoms with Crippen LogP contribution in [0.2, 0.25) is 0 Å². The maximum absolute atomic E-state index is 6.03. The van der Waals surface area contributed by atoms with Gasteiger partial charge in [-0.15, -0.1) is 0 Å². The monoisotopic (exact) mass is 237 g/mol. The first-order valence-corrected chi connectivity index (χ1v) is 7.54. The maximum atomic E-state index is 6.03. The number of ether oxygens (including phenoxy) is 1. The Morgan fingerprint density at radius 2 is 1.88 bits per heavy atom. The lowest BCUT2D eigenvalue weighted by Gasteiger charge is -2.33. The van der Waals surface area contributed by atoms with Crippen LogP contribution in [-0.2, 0) is 4.74 Å². The van der Waals surface area contributed by atoms with Crippen molar-refractivity contribution in [3.05, 3.63) is 0 Å². The van der Waals surface area contributed by atoms with E-state index in [2.05, 4.69) is 19.2 Å². The highest BCUT2D eigenvalue weighted by Crippen LogP contribution is 2.49. The molecule has 3 rings (SSSR count). The Kier molecular flexibility index (Phi) is 3.20. The first-order chi connectivity index (χ1) is 8.16. The summed E-state index contributed by atoms with van der Waals surface area (Å²) >= 11 is 0. The molecular weight excluding hydrogens is 210 g/mol. The number of nitrogens with one attached hydrogen (secondary N) is 1. The zero-order valence-corrected chi connectivity index (χ0v) is 11.4. The normalized spacial score (nSPS) is 37.1. The van der Waals surface area contributed by atoms with Gasteiger partial charge in [-0.05, 0) is 63.2 Å². The predicted molar refractivity (Wildman–Crippen MR) is 70.0 cm³/mol. The largest absolute Gasteiger partial charge is 0.375 e. The van der Waals surface area contributed by atoms with Gasteiger partial charge >= 0.3 is 0 Å². The van der Waals surface area contributed by atoms with Gasteiger partial charge in [0.15, 0.2) is 0 Å². The van der Waals surface area contributed by atoms with E-state index < -0.39 is 0 Å². The molecule has 2 aliphatic carbocycles. The van der Waals surface area contributed by atoms with Crippen LogP contribution < -0.4 is 5.32 Å². The number of rotatable bonds is 6. The Hall–Kier alpha value is -0.0800. The van der Waals surface area contributed by atoms with Crippen molar-refractivity contribution in [2.24, 2.45) is 11.3 Å². The van der Waals surface area contributed by atoms with E-state index in [9.17, 15) is 0 Å². The smallest absolute Gasteiger partial charge is 0.0585 e. The van der Waals surface area contributed by atoms with Gasteiger partial charge in [0.1, 0.15) is 0 Å². The van der Waals surface area contributed by atoms with Crippen molar-refractivity contribution in [3.8, 4) is 0 Å². The second kappa shape index (κ2) is 4.55. The average Bonchev–Trinajstić information content (AvgIpc) is 3.16. The van der Waals surface area contributed by atoms with E-state index in [0.717, 1.165) is 12.0 Å². The third-order valence-electron chi connectivity index (χ3n) is 4.95. The minimum Gasteiger partial charge on any atom is -0.375 e. The molecule has 0 radical (unpaired) electrons. The van der Waals surface area contributed by atoms with Gasteiger partial charge in [0.2, 0.25) is 0 Å². The van der Waals surface area contributed by atoms with Crippen LogP contribution in [0.25, 0.3) is 0 Å². The quantitative estimate of drug-likeness (QED) is 0.766. The molecular formula is C15H27NO. The van der Waals surface area contributed by atoms with Crippen molar-refractivity contribution in [2.75, 3.05) is 6.54 Å². The van der Waals surface area contributed by atoms with Gasteiger partial charge in [-0.1, -0.05) is 6.92 Å². The molecule has 2 saturated carbocycles.